The van der Waals surface area contributed by atoms with Gasteiger partial charge in [-0.2, -0.15) is 5.10 Å². The zero-order valence-electron chi connectivity index (χ0n) is 12.2. The van der Waals surface area contributed by atoms with Crippen LogP contribution in [0.3, 0.4) is 0 Å². The van der Waals surface area contributed by atoms with Crippen molar-refractivity contribution in [2.75, 3.05) is 7.11 Å². The van der Waals surface area contributed by atoms with Crippen molar-refractivity contribution in [3.05, 3.63) is 11.3 Å². The Bertz CT molecular complexity index is 495. The monoisotopic (exact) mass is 266 g/mol. The van der Waals surface area contributed by atoms with Gasteiger partial charge < -0.3 is 15.4 Å². The average molecular weight is 266 g/mol. The van der Waals surface area contributed by atoms with Crippen molar-refractivity contribution in [1.82, 2.24) is 14.7 Å². The summed E-state index contributed by atoms with van der Waals surface area (Å²) in [6.45, 7) is 5.92. The highest BCUT2D eigenvalue weighted by atomic mass is 16.5. The van der Waals surface area contributed by atoms with E-state index in [-0.39, 0.29) is 24.0 Å². The Kier molecular flexibility index (Phi) is 3.54. The molecule has 1 aromatic rings. The molecule has 6 heteroatoms. The van der Waals surface area contributed by atoms with Crippen LogP contribution < -0.4 is 10.5 Å². The van der Waals surface area contributed by atoms with Crippen LogP contribution in [0.15, 0.2) is 0 Å². The lowest BCUT2D eigenvalue weighted by atomic mass is 10.0. The minimum atomic E-state index is -0.216. The van der Waals surface area contributed by atoms with Gasteiger partial charge in [-0.05, 0) is 20.8 Å². The van der Waals surface area contributed by atoms with E-state index in [1.165, 1.54) is 0 Å². The van der Waals surface area contributed by atoms with Crippen LogP contribution in [0, 0.1) is 6.92 Å². The van der Waals surface area contributed by atoms with Gasteiger partial charge in [-0.3, -0.25) is 4.79 Å². The highest BCUT2D eigenvalue weighted by Crippen LogP contribution is 2.39. The maximum Gasteiger partial charge on any atom is 0.225 e. The normalized spacial score (nSPS) is 23.5. The molecule has 2 unspecified atom stereocenters. The lowest BCUT2D eigenvalue weighted by Crippen LogP contribution is -2.38. The average Bonchev–Trinajstić information content (AvgIpc) is 2.74. The first-order valence-electron chi connectivity index (χ1n) is 6.52. The van der Waals surface area contributed by atoms with Gasteiger partial charge in [-0.15, -0.1) is 0 Å². The molecule has 0 radical (unpaired) electrons. The summed E-state index contributed by atoms with van der Waals surface area (Å²) in [6.07, 6.45) is 0.375. The summed E-state index contributed by atoms with van der Waals surface area (Å²) in [6, 6.07) is -0.266. The molecule has 0 bridgehead atoms. The van der Waals surface area contributed by atoms with Crippen LogP contribution in [0.5, 0.6) is 5.88 Å². The molecule has 1 aromatic heterocycles. The van der Waals surface area contributed by atoms with Crippen LogP contribution in [0.4, 0.5) is 0 Å². The minimum absolute atomic E-state index is 0.0952. The van der Waals surface area contributed by atoms with E-state index >= 15 is 0 Å². The first-order valence-corrected chi connectivity index (χ1v) is 6.52. The van der Waals surface area contributed by atoms with Gasteiger partial charge in [0.05, 0.1) is 24.4 Å². The molecule has 1 aliphatic rings. The number of aryl methyl sites for hydroxylation is 2. The van der Waals surface area contributed by atoms with Crippen molar-refractivity contribution in [3.8, 4) is 5.88 Å². The van der Waals surface area contributed by atoms with Crippen LogP contribution in [0.2, 0.25) is 0 Å². The summed E-state index contributed by atoms with van der Waals surface area (Å²) >= 11 is 0. The Hall–Kier alpha value is -1.56. The van der Waals surface area contributed by atoms with Crippen molar-refractivity contribution in [3.63, 3.8) is 0 Å². The molecular formula is C13H22N4O2. The summed E-state index contributed by atoms with van der Waals surface area (Å²) in [5.41, 5.74) is 7.97. The fourth-order valence-corrected chi connectivity index (χ4v) is 2.98. The molecule has 19 heavy (non-hydrogen) atoms. The van der Waals surface area contributed by atoms with E-state index in [1.54, 1.807) is 11.8 Å². The third-order valence-corrected chi connectivity index (χ3v) is 3.66. The molecule has 106 valence electrons. The standard InChI is InChI=1S/C13H22N4O2/c1-7(2)17-10(18)6-9(14)12(17)11-8(3)15-16(4)13(11)19-5/h7,9,12H,6,14H2,1-5H3. The second-order valence-corrected chi connectivity index (χ2v) is 5.34. The second-order valence-electron chi connectivity index (χ2n) is 5.34. The van der Waals surface area contributed by atoms with E-state index in [0.29, 0.717) is 12.3 Å². The third-order valence-electron chi connectivity index (χ3n) is 3.66. The predicted molar refractivity (Wildman–Crippen MR) is 71.8 cm³/mol. The lowest BCUT2D eigenvalue weighted by molar-refractivity contribution is -0.130. The van der Waals surface area contributed by atoms with Crippen molar-refractivity contribution in [1.29, 1.82) is 0 Å². The number of amides is 1. The number of aromatic nitrogens is 2. The van der Waals surface area contributed by atoms with Gasteiger partial charge in [0.25, 0.3) is 0 Å². The molecule has 0 aromatic carbocycles. The Morgan fingerprint density at radius 2 is 2.11 bits per heavy atom. The van der Waals surface area contributed by atoms with Crippen molar-refractivity contribution in [2.24, 2.45) is 12.8 Å². The van der Waals surface area contributed by atoms with Gasteiger partial charge >= 0.3 is 0 Å². The van der Waals surface area contributed by atoms with Crippen LogP contribution in [-0.2, 0) is 11.8 Å². The maximum atomic E-state index is 12.1. The van der Waals surface area contributed by atoms with Crippen molar-refractivity contribution < 1.29 is 9.53 Å². The number of carbonyl (C=O) groups is 1. The highest BCUT2D eigenvalue weighted by Gasteiger charge is 2.43. The van der Waals surface area contributed by atoms with E-state index < -0.39 is 0 Å². The summed E-state index contributed by atoms with van der Waals surface area (Å²) < 4.78 is 7.12. The molecule has 0 aliphatic carbocycles. The molecule has 1 fully saturated rings. The first kappa shape index (κ1) is 13.9. The molecule has 2 heterocycles. The van der Waals surface area contributed by atoms with Crippen LogP contribution in [0.1, 0.15) is 37.6 Å². The Morgan fingerprint density at radius 3 is 2.63 bits per heavy atom. The second kappa shape index (κ2) is 4.85. The van der Waals surface area contributed by atoms with E-state index in [9.17, 15) is 4.79 Å². The van der Waals surface area contributed by atoms with Crippen molar-refractivity contribution in [2.45, 2.75) is 45.3 Å². The summed E-state index contributed by atoms with van der Waals surface area (Å²) in [5, 5.41) is 4.38. The summed E-state index contributed by atoms with van der Waals surface area (Å²) in [7, 11) is 3.44. The van der Waals surface area contributed by atoms with Crippen LogP contribution in [-0.4, -0.2) is 39.8 Å². The Labute approximate surface area is 113 Å². The number of nitrogens with zero attached hydrogens (tertiary/aromatic N) is 3. The van der Waals surface area contributed by atoms with Crippen LogP contribution >= 0.6 is 0 Å². The molecule has 1 saturated heterocycles. The number of nitrogens with two attached hydrogens (primary N) is 1. The molecule has 2 N–H and O–H groups in total. The zero-order chi connectivity index (χ0) is 14.3. The van der Waals surface area contributed by atoms with Gasteiger partial charge in [0.1, 0.15) is 0 Å². The van der Waals surface area contributed by atoms with Gasteiger partial charge in [-0.1, -0.05) is 0 Å². The SMILES string of the molecule is COc1c(C2C(N)CC(=O)N2C(C)C)c(C)nn1C. The maximum absolute atomic E-state index is 12.1. The van der Waals surface area contributed by atoms with E-state index in [2.05, 4.69) is 5.10 Å². The molecule has 2 atom stereocenters. The Morgan fingerprint density at radius 1 is 1.47 bits per heavy atom. The number of rotatable bonds is 3. The molecule has 0 spiro atoms. The number of likely N-dealkylation sites (tertiary alicyclic amines) is 1. The molecule has 6 nitrogen and oxygen atoms in total. The lowest BCUT2D eigenvalue weighted by Gasteiger charge is -2.30. The summed E-state index contributed by atoms with van der Waals surface area (Å²) in [5.74, 6) is 0.774. The molecule has 2 rings (SSSR count). The molecule has 0 saturated carbocycles. The molecular weight excluding hydrogens is 244 g/mol. The topological polar surface area (TPSA) is 73.4 Å². The third kappa shape index (κ3) is 2.10. The number of ether oxygens (including phenoxy) is 1. The van der Waals surface area contributed by atoms with E-state index in [0.717, 1.165) is 11.3 Å². The fraction of sp³-hybridized carbons (Fsp3) is 0.692. The minimum Gasteiger partial charge on any atom is -0.481 e. The summed E-state index contributed by atoms with van der Waals surface area (Å²) in [4.78, 5) is 13.9. The number of hydrogen-bond donors (Lipinski definition) is 1. The van der Waals surface area contributed by atoms with Gasteiger partial charge in [0.2, 0.25) is 11.8 Å². The number of methoxy groups -OCH3 is 1. The zero-order valence-corrected chi connectivity index (χ0v) is 12.2. The number of carbonyl (C=O) groups excluding carboxylic acids is 1. The predicted octanol–water partition coefficient (Wildman–Crippen LogP) is 0.746. The smallest absolute Gasteiger partial charge is 0.225 e. The van der Waals surface area contributed by atoms with Gasteiger partial charge in [0, 0.05) is 25.6 Å². The first-order chi connectivity index (χ1) is 8.88. The quantitative estimate of drug-likeness (QED) is 0.876. The molecule has 1 amide bonds. The molecule has 1 aliphatic heterocycles. The van der Waals surface area contributed by atoms with Gasteiger partial charge in [-0.25, -0.2) is 4.68 Å². The van der Waals surface area contributed by atoms with E-state index in [4.69, 9.17) is 10.5 Å². The van der Waals surface area contributed by atoms with E-state index in [1.807, 2.05) is 32.7 Å². The van der Waals surface area contributed by atoms with Crippen molar-refractivity contribution >= 4 is 5.91 Å². The van der Waals surface area contributed by atoms with Crippen LogP contribution in [0.25, 0.3) is 0 Å². The number of hydrogen-bond acceptors (Lipinski definition) is 4. The Balaban J connectivity index is 2.53. The largest absolute Gasteiger partial charge is 0.481 e. The van der Waals surface area contributed by atoms with Gasteiger partial charge in [0.15, 0.2) is 0 Å². The fourth-order valence-electron chi connectivity index (χ4n) is 2.98. The highest BCUT2D eigenvalue weighted by molar-refractivity contribution is 5.81.